The average molecular weight is 285 g/mol. The monoisotopic (exact) mass is 284 g/mol. The second kappa shape index (κ2) is 5.12. The zero-order valence-electron chi connectivity index (χ0n) is 9.78. The lowest BCUT2D eigenvalue weighted by molar-refractivity contribution is -0.121. The number of hydrogen-bond acceptors (Lipinski definition) is 3. The molecule has 0 N–H and O–H groups in total. The molecule has 1 aromatic rings. The summed E-state index contributed by atoms with van der Waals surface area (Å²) in [5, 5.41) is 0.860. The van der Waals surface area contributed by atoms with Gasteiger partial charge in [0, 0.05) is 19.7 Å². The normalized spacial score (nSPS) is 20.2. The quantitative estimate of drug-likeness (QED) is 0.743. The highest BCUT2D eigenvalue weighted by Crippen LogP contribution is 2.33. The molecule has 0 aromatic heterocycles. The largest absolute Gasteiger partial charge is 0.290 e. The van der Waals surface area contributed by atoms with Crippen LogP contribution in [0.25, 0.3) is 6.08 Å². The molecule has 1 heterocycles. The molecule has 0 atom stereocenters. The Bertz CT molecular complexity index is 551. The molecule has 2 rings (SSSR count). The number of nitrogens with zero attached hydrogens (tertiary/aromatic N) is 2. The number of benzene rings is 1. The third-order valence-corrected chi connectivity index (χ3v) is 3.95. The molecule has 6 heteroatoms. The number of carbonyl (C=O) groups excluding carboxylic acids is 1. The van der Waals surface area contributed by atoms with Gasteiger partial charge in [-0.3, -0.25) is 14.7 Å². The van der Waals surface area contributed by atoms with Crippen LogP contribution in [0.2, 0.25) is 5.02 Å². The number of aliphatic imine (C=N–C) groups is 1. The minimum atomic E-state index is -0.451. The van der Waals surface area contributed by atoms with Gasteiger partial charge >= 0.3 is 0 Å². The van der Waals surface area contributed by atoms with Crippen molar-refractivity contribution in [1.29, 1.82) is 0 Å². The fourth-order valence-electron chi connectivity index (χ4n) is 1.53. The summed E-state index contributed by atoms with van der Waals surface area (Å²) in [6.07, 6.45) is 1.46. The second-order valence-electron chi connectivity index (χ2n) is 3.62. The number of amidine groups is 1. The number of halogens is 2. The molecule has 1 saturated heterocycles. The Kier molecular flexibility index (Phi) is 3.73. The molecular formula is C12H10ClFN2OS. The molecule has 1 aromatic carbocycles. The van der Waals surface area contributed by atoms with Crippen LogP contribution in [0.3, 0.4) is 0 Å². The third kappa shape index (κ3) is 2.28. The number of hydrogen-bond donors (Lipinski definition) is 0. The molecule has 18 heavy (non-hydrogen) atoms. The van der Waals surface area contributed by atoms with Crippen LogP contribution in [0.5, 0.6) is 0 Å². The van der Waals surface area contributed by atoms with Gasteiger partial charge in [0.05, 0.1) is 9.93 Å². The lowest BCUT2D eigenvalue weighted by Gasteiger charge is -2.05. The van der Waals surface area contributed by atoms with Gasteiger partial charge in [0.1, 0.15) is 5.82 Å². The van der Waals surface area contributed by atoms with Crippen LogP contribution in [-0.2, 0) is 4.79 Å². The molecule has 0 radical (unpaired) electrons. The molecule has 3 nitrogen and oxygen atoms in total. The van der Waals surface area contributed by atoms with E-state index in [0.29, 0.717) is 10.1 Å². The van der Waals surface area contributed by atoms with Gasteiger partial charge in [0.2, 0.25) is 0 Å². The summed E-state index contributed by atoms with van der Waals surface area (Å²) >= 11 is 7.11. The Balaban J connectivity index is 2.44. The maximum atomic E-state index is 13.6. The molecule has 94 valence electrons. The van der Waals surface area contributed by atoms with E-state index in [2.05, 4.69) is 4.99 Å². The van der Waals surface area contributed by atoms with Crippen LogP contribution >= 0.6 is 23.4 Å². The van der Waals surface area contributed by atoms with Crippen molar-refractivity contribution in [3.05, 3.63) is 39.5 Å². The lowest BCUT2D eigenvalue weighted by Crippen LogP contribution is -2.23. The van der Waals surface area contributed by atoms with Crippen molar-refractivity contribution < 1.29 is 9.18 Å². The molecule has 1 fully saturated rings. The van der Waals surface area contributed by atoms with E-state index in [1.807, 2.05) is 0 Å². The molecule has 1 aliphatic rings. The fourth-order valence-corrected chi connectivity index (χ4v) is 2.66. The van der Waals surface area contributed by atoms with Crippen LogP contribution in [0.1, 0.15) is 5.56 Å². The van der Waals surface area contributed by atoms with E-state index in [-0.39, 0.29) is 16.5 Å². The molecule has 0 bridgehead atoms. The van der Waals surface area contributed by atoms with Gasteiger partial charge in [0.25, 0.3) is 5.91 Å². The Morgan fingerprint density at radius 3 is 2.78 bits per heavy atom. The van der Waals surface area contributed by atoms with E-state index >= 15 is 0 Å². The summed E-state index contributed by atoms with van der Waals surface area (Å²) in [6.45, 7) is 0. The SMILES string of the molecule is CN=C1S/C(=C/c2c(F)cccc2Cl)C(=O)N1C. The predicted octanol–water partition coefficient (Wildman–Crippen LogP) is 3.01. The van der Waals surface area contributed by atoms with Gasteiger partial charge in [-0.2, -0.15) is 0 Å². The molecule has 1 amide bonds. The van der Waals surface area contributed by atoms with E-state index in [0.717, 1.165) is 0 Å². The van der Waals surface area contributed by atoms with Gasteiger partial charge in [0.15, 0.2) is 5.17 Å². The fraction of sp³-hybridized carbons (Fsp3) is 0.167. The van der Waals surface area contributed by atoms with Crippen molar-refractivity contribution in [3.8, 4) is 0 Å². The van der Waals surface area contributed by atoms with E-state index in [1.54, 1.807) is 20.2 Å². The first-order valence-corrected chi connectivity index (χ1v) is 6.32. The van der Waals surface area contributed by atoms with Crippen molar-refractivity contribution in [3.63, 3.8) is 0 Å². The summed E-state index contributed by atoms with van der Waals surface area (Å²) < 4.78 is 13.6. The second-order valence-corrected chi connectivity index (χ2v) is 5.03. The Labute approximate surface area is 113 Å². The summed E-state index contributed by atoms with van der Waals surface area (Å²) in [5.41, 5.74) is 0.223. The minimum Gasteiger partial charge on any atom is -0.290 e. The van der Waals surface area contributed by atoms with Crippen LogP contribution in [-0.4, -0.2) is 30.1 Å². The predicted molar refractivity (Wildman–Crippen MR) is 73.1 cm³/mol. The summed E-state index contributed by atoms with van der Waals surface area (Å²) in [7, 11) is 3.23. The van der Waals surface area contributed by atoms with Crippen molar-refractivity contribution in [2.24, 2.45) is 4.99 Å². The topological polar surface area (TPSA) is 32.7 Å². The highest BCUT2D eigenvalue weighted by Gasteiger charge is 2.30. The van der Waals surface area contributed by atoms with Gasteiger partial charge < -0.3 is 0 Å². The van der Waals surface area contributed by atoms with Crippen molar-refractivity contribution >= 4 is 40.5 Å². The number of thioether (sulfide) groups is 1. The van der Waals surface area contributed by atoms with Gasteiger partial charge in [-0.25, -0.2) is 4.39 Å². The zero-order valence-corrected chi connectivity index (χ0v) is 11.3. The van der Waals surface area contributed by atoms with Crippen molar-refractivity contribution in [2.45, 2.75) is 0 Å². The highest BCUT2D eigenvalue weighted by atomic mass is 35.5. The Morgan fingerprint density at radius 2 is 2.22 bits per heavy atom. The van der Waals surface area contributed by atoms with E-state index in [9.17, 15) is 9.18 Å². The van der Waals surface area contributed by atoms with Crippen LogP contribution in [0, 0.1) is 5.82 Å². The number of carbonyl (C=O) groups is 1. The van der Waals surface area contributed by atoms with E-state index in [1.165, 1.54) is 34.9 Å². The summed E-state index contributed by atoms with van der Waals surface area (Å²) in [6, 6.07) is 4.41. The van der Waals surface area contributed by atoms with Crippen LogP contribution in [0.15, 0.2) is 28.1 Å². The smallest absolute Gasteiger partial charge is 0.266 e. The van der Waals surface area contributed by atoms with Crippen LogP contribution in [0.4, 0.5) is 4.39 Å². The first-order chi connectivity index (χ1) is 8.54. The molecule has 0 spiro atoms. The molecule has 0 aliphatic carbocycles. The number of amides is 1. The van der Waals surface area contributed by atoms with E-state index in [4.69, 9.17) is 11.6 Å². The van der Waals surface area contributed by atoms with Crippen LogP contribution < -0.4 is 0 Å². The zero-order chi connectivity index (χ0) is 13.3. The molecule has 0 unspecified atom stereocenters. The standard InChI is InChI=1S/C12H10ClFN2OS/c1-15-12-16(2)11(17)10(18-12)6-7-8(13)4-3-5-9(7)14/h3-6H,1-2H3/b10-6+,15-12?. The molecule has 1 aliphatic heterocycles. The Morgan fingerprint density at radius 1 is 1.50 bits per heavy atom. The Hall–Kier alpha value is -1.33. The molecule has 0 saturated carbocycles. The number of rotatable bonds is 1. The molecular weight excluding hydrogens is 275 g/mol. The average Bonchev–Trinajstić information content (AvgIpc) is 2.61. The maximum absolute atomic E-state index is 13.6. The third-order valence-electron chi connectivity index (χ3n) is 2.47. The van der Waals surface area contributed by atoms with Crippen molar-refractivity contribution in [1.82, 2.24) is 4.90 Å². The first kappa shape index (κ1) is 13.1. The first-order valence-electron chi connectivity index (χ1n) is 5.13. The summed E-state index contributed by atoms with van der Waals surface area (Å²) in [5.74, 6) is -0.659. The van der Waals surface area contributed by atoms with Gasteiger partial charge in [-0.1, -0.05) is 17.7 Å². The lowest BCUT2D eigenvalue weighted by atomic mass is 10.2. The highest BCUT2D eigenvalue weighted by molar-refractivity contribution is 8.18. The maximum Gasteiger partial charge on any atom is 0.266 e. The van der Waals surface area contributed by atoms with Gasteiger partial charge in [-0.05, 0) is 30.0 Å². The number of likely N-dealkylation sites (N-methyl/N-ethyl adjacent to an activating group) is 1. The van der Waals surface area contributed by atoms with Crippen molar-refractivity contribution in [2.75, 3.05) is 14.1 Å². The summed E-state index contributed by atoms with van der Waals surface area (Å²) in [4.78, 5) is 17.7. The van der Waals surface area contributed by atoms with Gasteiger partial charge in [-0.15, -0.1) is 0 Å². The van der Waals surface area contributed by atoms with E-state index < -0.39 is 5.82 Å². The minimum absolute atomic E-state index is 0.208.